The molecule has 3 rings (SSSR count). The van der Waals surface area contributed by atoms with Crippen molar-refractivity contribution in [3.05, 3.63) is 83.1 Å². The Morgan fingerprint density at radius 3 is 2.44 bits per heavy atom. The van der Waals surface area contributed by atoms with Crippen molar-refractivity contribution in [2.45, 2.75) is 0 Å². The maximum absolute atomic E-state index is 12.4. The number of anilines is 3. The highest BCUT2D eigenvalue weighted by Gasteiger charge is 2.10. The zero-order chi connectivity index (χ0) is 19.2. The summed E-state index contributed by atoms with van der Waals surface area (Å²) in [4.78, 5) is 28.0. The van der Waals surface area contributed by atoms with Crippen LogP contribution in [-0.4, -0.2) is 24.0 Å². The molecule has 0 spiro atoms. The van der Waals surface area contributed by atoms with Gasteiger partial charge < -0.3 is 15.4 Å². The van der Waals surface area contributed by atoms with Crippen LogP contribution in [0, 0.1) is 0 Å². The maximum atomic E-state index is 12.4. The van der Waals surface area contributed by atoms with Crippen LogP contribution in [0.3, 0.4) is 0 Å². The number of halogens is 1. The Morgan fingerprint density at radius 1 is 1.00 bits per heavy atom. The first-order valence-electron chi connectivity index (χ1n) is 8.04. The van der Waals surface area contributed by atoms with Gasteiger partial charge in [-0.3, -0.25) is 9.78 Å². The first-order chi connectivity index (χ1) is 13.1. The number of ether oxygens (including phenoxy) is 1. The highest BCUT2D eigenvalue weighted by atomic mass is 35.5. The number of para-hydroxylation sites is 1. The van der Waals surface area contributed by atoms with Crippen LogP contribution < -0.4 is 10.6 Å². The Bertz CT molecular complexity index is 974. The van der Waals surface area contributed by atoms with E-state index >= 15 is 0 Å². The predicted octanol–water partition coefficient (Wildman–Crippen LogP) is 4.52. The van der Waals surface area contributed by atoms with E-state index in [1.54, 1.807) is 42.5 Å². The van der Waals surface area contributed by atoms with Crippen LogP contribution in [0.25, 0.3) is 0 Å². The highest BCUT2D eigenvalue weighted by molar-refractivity contribution is 6.33. The van der Waals surface area contributed by atoms with E-state index in [1.165, 1.54) is 13.3 Å². The van der Waals surface area contributed by atoms with Crippen molar-refractivity contribution in [3.8, 4) is 0 Å². The number of amides is 1. The maximum Gasteiger partial charge on any atom is 0.337 e. The fraction of sp³-hybridized carbons (Fsp3) is 0.0500. The van der Waals surface area contributed by atoms with Crippen LogP contribution >= 0.6 is 11.6 Å². The third-order valence-corrected chi connectivity index (χ3v) is 4.04. The Morgan fingerprint density at radius 2 is 1.74 bits per heavy atom. The minimum Gasteiger partial charge on any atom is -0.465 e. The van der Waals surface area contributed by atoms with E-state index in [9.17, 15) is 9.59 Å². The van der Waals surface area contributed by atoms with E-state index in [0.717, 1.165) is 5.69 Å². The van der Waals surface area contributed by atoms with Crippen molar-refractivity contribution in [1.82, 2.24) is 4.98 Å². The number of esters is 1. The summed E-state index contributed by atoms with van der Waals surface area (Å²) >= 11 is 6.14. The highest BCUT2D eigenvalue weighted by Crippen LogP contribution is 2.25. The van der Waals surface area contributed by atoms with Crippen molar-refractivity contribution < 1.29 is 14.3 Å². The summed E-state index contributed by atoms with van der Waals surface area (Å²) in [5, 5.41) is 6.47. The van der Waals surface area contributed by atoms with Crippen LogP contribution in [0.2, 0.25) is 5.02 Å². The average Bonchev–Trinajstić information content (AvgIpc) is 2.70. The van der Waals surface area contributed by atoms with Gasteiger partial charge in [0.1, 0.15) is 5.69 Å². The minimum absolute atomic E-state index is 0.240. The number of pyridine rings is 1. The molecule has 0 radical (unpaired) electrons. The van der Waals surface area contributed by atoms with Gasteiger partial charge in [0.05, 0.1) is 23.4 Å². The summed E-state index contributed by atoms with van der Waals surface area (Å²) in [6.07, 6.45) is 1.54. The van der Waals surface area contributed by atoms with E-state index in [2.05, 4.69) is 20.4 Å². The normalized spacial score (nSPS) is 10.1. The van der Waals surface area contributed by atoms with Crippen LogP contribution in [0.1, 0.15) is 20.8 Å². The molecule has 0 bridgehead atoms. The number of methoxy groups -OCH3 is 1. The first-order valence-corrected chi connectivity index (χ1v) is 8.42. The summed E-state index contributed by atoms with van der Waals surface area (Å²) in [6.45, 7) is 0. The molecule has 0 aliphatic heterocycles. The molecule has 0 unspecified atom stereocenters. The van der Waals surface area contributed by atoms with Gasteiger partial charge in [-0.2, -0.15) is 0 Å². The Hall–Kier alpha value is -3.38. The molecule has 6 nitrogen and oxygen atoms in total. The number of aromatic nitrogens is 1. The van der Waals surface area contributed by atoms with Gasteiger partial charge in [0, 0.05) is 17.6 Å². The molecule has 1 aromatic heterocycles. The molecular formula is C20H16ClN3O3. The molecule has 2 aromatic carbocycles. The summed E-state index contributed by atoms with van der Waals surface area (Å²) in [7, 11) is 1.31. The smallest absolute Gasteiger partial charge is 0.337 e. The molecule has 0 aliphatic rings. The molecule has 0 saturated carbocycles. The SMILES string of the molecule is COC(=O)c1ccc(NC(=O)c2cc(Nc3ccccc3Cl)ccn2)cc1. The molecule has 7 heteroatoms. The summed E-state index contributed by atoms with van der Waals surface area (Å²) in [5.41, 5.74) is 2.60. The van der Waals surface area contributed by atoms with E-state index < -0.39 is 5.97 Å². The molecule has 0 atom stereocenters. The van der Waals surface area contributed by atoms with Crippen LogP contribution in [-0.2, 0) is 4.74 Å². The quantitative estimate of drug-likeness (QED) is 0.635. The molecule has 1 amide bonds. The lowest BCUT2D eigenvalue weighted by molar-refractivity contribution is 0.0600. The van der Waals surface area contributed by atoms with Crippen molar-refractivity contribution in [2.75, 3.05) is 17.7 Å². The molecule has 3 aromatic rings. The van der Waals surface area contributed by atoms with Crippen LogP contribution in [0.15, 0.2) is 66.9 Å². The van der Waals surface area contributed by atoms with Gasteiger partial charge in [-0.1, -0.05) is 23.7 Å². The van der Waals surface area contributed by atoms with Gasteiger partial charge in [-0.25, -0.2) is 4.79 Å². The molecule has 2 N–H and O–H groups in total. The molecule has 136 valence electrons. The molecule has 0 aliphatic carbocycles. The van der Waals surface area contributed by atoms with Gasteiger partial charge in [-0.05, 0) is 48.5 Å². The van der Waals surface area contributed by atoms with Gasteiger partial charge >= 0.3 is 5.97 Å². The second-order valence-corrected chi connectivity index (χ2v) is 5.96. The average molecular weight is 382 g/mol. The fourth-order valence-electron chi connectivity index (χ4n) is 2.35. The van der Waals surface area contributed by atoms with E-state index in [-0.39, 0.29) is 11.6 Å². The summed E-state index contributed by atoms with van der Waals surface area (Å²) in [5.74, 6) is -0.809. The third-order valence-electron chi connectivity index (χ3n) is 3.71. The third kappa shape index (κ3) is 4.62. The second kappa shape index (κ2) is 8.33. The monoisotopic (exact) mass is 381 g/mol. The number of hydrogen-bond acceptors (Lipinski definition) is 5. The number of rotatable bonds is 5. The van der Waals surface area contributed by atoms with Crippen molar-refractivity contribution in [2.24, 2.45) is 0 Å². The van der Waals surface area contributed by atoms with E-state index in [4.69, 9.17) is 11.6 Å². The number of nitrogens with one attached hydrogen (secondary N) is 2. The lowest BCUT2D eigenvalue weighted by atomic mass is 10.2. The second-order valence-electron chi connectivity index (χ2n) is 5.56. The number of carbonyl (C=O) groups is 2. The molecule has 1 heterocycles. The van der Waals surface area contributed by atoms with E-state index in [0.29, 0.717) is 22.0 Å². The van der Waals surface area contributed by atoms with Crippen molar-refractivity contribution >= 4 is 40.5 Å². The van der Waals surface area contributed by atoms with E-state index in [1.807, 2.05) is 18.2 Å². The summed E-state index contributed by atoms with van der Waals surface area (Å²) in [6, 6.07) is 17.1. The number of carbonyl (C=O) groups excluding carboxylic acids is 2. The fourth-order valence-corrected chi connectivity index (χ4v) is 2.54. The predicted molar refractivity (Wildman–Crippen MR) is 105 cm³/mol. The topological polar surface area (TPSA) is 80.3 Å². The number of nitrogens with zero attached hydrogens (tertiary/aromatic N) is 1. The Kier molecular flexibility index (Phi) is 5.68. The lowest BCUT2D eigenvalue weighted by Crippen LogP contribution is -2.14. The van der Waals surface area contributed by atoms with Crippen molar-refractivity contribution in [3.63, 3.8) is 0 Å². The zero-order valence-electron chi connectivity index (χ0n) is 14.4. The van der Waals surface area contributed by atoms with Gasteiger partial charge in [0.2, 0.25) is 0 Å². The number of hydrogen-bond donors (Lipinski definition) is 2. The number of benzene rings is 2. The minimum atomic E-state index is -0.437. The zero-order valence-corrected chi connectivity index (χ0v) is 15.2. The molecule has 0 fully saturated rings. The molecule has 0 saturated heterocycles. The van der Waals surface area contributed by atoms with Gasteiger partial charge in [0.25, 0.3) is 5.91 Å². The Balaban J connectivity index is 1.72. The van der Waals surface area contributed by atoms with Gasteiger partial charge in [0.15, 0.2) is 0 Å². The van der Waals surface area contributed by atoms with Crippen molar-refractivity contribution in [1.29, 1.82) is 0 Å². The lowest BCUT2D eigenvalue weighted by Gasteiger charge is -2.10. The standard InChI is InChI=1S/C20H16ClN3O3/c1-27-20(26)13-6-8-14(9-7-13)24-19(25)18-12-15(10-11-22-18)23-17-5-3-2-4-16(17)21/h2-12H,1H3,(H,22,23)(H,24,25). The summed E-state index contributed by atoms with van der Waals surface area (Å²) < 4.78 is 4.64. The first kappa shape index (κ1) is 18.4. The Labute approximate surface area is 161 Å². The van der Waals surface area contributed by atoms with Crippen LogP contribution in [0.5, 0.6) is 0 Å². The van der Waals surface area contributed by atoms with Gasteiger partial charge in [-0.15, -0.1) is 0 Å². The van der Waals surface area contributed by atoms with Crippen LogP contribution in [0.4, 0.5) is 17.1 Å². The molecular weight excluding hydrogens is 366 g/mol. The largest absolute Gasteiger partial charge is 0.465 e. The molecule has 27 heavy (non-hydrogen) atoms.